The van der Waals surface area contributed by atoms with Crippen LogP contribution in [0.4, 0.5) is 4.79 Å². The molecule has 0 aromatic rings. The molecule has 0 unspecified atom stereocenters. The van der Waals surface area contributed by atoms with Gasteiger partial charge in [-0.3, -0.25) is 4.99 Å². The molecular weight excluding hydrogens is 447 g/mol. The van der Waals surface area contributed by atoms with Crippen molar-refractivity contribution in [1.82, 2.24) is 16.0 Å². The maximum Gasteiger partial charge on any atom is 0.407 e. The molecule has 1 aliphatic rings. The Morgan fingerprint density at radius 1 is 1.12 bits per heavy atom. The normalized spacial score (nSPS) is 15.3. The molecule has 0 saturated heterocycles. The number of guanidine groups is 1. The van der Waals surface area contributed by atoms with Gasteiger partial charge in [0.1, 0.15) is 5.60 Å². The number of nitrogens with one attached hydrogen (secondary N) is 3. The van der Waals surface area contributed by atoms with Crippen LogP contribution in [0.2, 0.25) is 0 Å². The van der Waals surface area contributed by atoms with Crippen LogP contribution in [0, 0.1) is 0 Å². The summed E-state index contributed by atoms with van der Waals surface area (Å²) in [6, 6.07) is 0. The van der Waals surface area contributed by atoms with Crippen LogP contribution in [0.25, 0.3) is 0 Å². The van der Waals surface area contributed by atoms with E-state index in [4.69, 9.17) is 9.47 Å². The topological polar surface area (TPSA) is 84.0 Å². The molecule has 26 heavy (non-hydrogen) atoms. The zero-order chi connectivity index (χ0) is 18.5. The molecule has 154 valence electrons. The van der Waals surface area contributed by atoms with Gasteiger partial charge in [0.25, 0.3) is 0 Å². The van der Waals surface area contributed by atoms with Crippen molar-refractivity contribution >= 4 is 36.0 Å². The highest BCUT2D eigenvalue weighted by molar-refractivity contribution is 14.0. The van der Waals surface area contributed by atoms with E-state index in [1.54, 1.807) is 0 Å². The Morgan fingerprint density at radius 3 is 2.38 bits per heavy atom. The van der Waals surface area contributed by atoms with Crippen LogP contribution in [0.5, 0.6) is 0 Å². The predicted octanol–water partition coefficient (Wildman–Crippen LogP) is 3.03. The quantitative estimate of drug-likeness (QED) is 0.203. The first kappa shape index (κ1) is 25.2. The number of alkyl carbamates (subject to hydrolysis) is 1. The van der Waals surface area contributed by atoms with Gasteiger partial charge in [-0.2, -0.15) is 0 Å². The van der Waals surface area contributed by atoms with Gasteiger partial charge in [0, 0.05) is 32.8 Å². The lowest BCUT2D eigenvalue weighted by Gasteiger charge is -2.19. The van der Waals surface area contributed by atoms with E-state index >= 15 is 0 Å². The van der Waals surface area contributed by atoms with Gasteiger partial charge in [-0.1, -0.05) is 12.8 Å². The smallest absolute Gasteiger partial charge is 0.407 e. The predicted molar refractivity (Wildman–Crippen MR) is 116 cm³/mol. The van der Waals surface area contributed by atoms with Crippen LogP contribution >= 0.6 is 24.0 Å². The van der Waals surface area contributed by atoms with E-state index in [9.17, 15) is 4.79 Å². The highest BCUT2D eigenvalue weighted by Crippen LogP contribution is 2.20. The van der Waals surface area contributed by atoms with Crippen molar-refractivity contribution in [1.29, 1.82) is 0 Å². The summed E-state index contributed by atoms with van der Waals surface area (Å²) in [5.74, 6) is 0.759. The number of rotatable bonds is 9. The molecule has 1 amide bonds. The molecule has 0 atom stereocenters. The summed E-state index contributed by atoms with van der Waals surface area (Å²) < 4.78 is 11.0. The van der Waals surface area contributed by atoms with Crippen molar-refractivity contribution in [3.8, 4) is 0 Å². The van der Waals surface area contributed by atoms with Crippen molar-refractivity contribution in [2.24, 2.45) is 4.99 Å². The Balaban J connectivity index is 0.00000625. The van der Waals surface area contributed by atoms with E-state index in [1.165, 1.54) is 25.7 Å². The standard InChI is InChI=1S/C18H36N4O3.HI/c1-5-19-16(20-11-8-14-24-15-9-6-7-10-15)21-12-13-22-17(23)25-18(2,3)4;/h15H,5-14H2,1-4H3,(H,22,23)(H2,19,20,21);1H. The number of amides is 1. The number of hydrogen-bond donors (Lipinski definition) is 3. The molecule has 0 radical (unpaired) electrons. The lowest BCUT2D eigenvalue weighted by molar-refractivity contribution is 0.0528. The summed E-state index contributed by atoms with van der Waals surface area (Å²) in [6.07, 6.45) is 6.00. The maximum atomic E-state index is 11.6. The Bertz CT molecular complexity index is 408. The Morgan fingerprint density at radius 2 is 1.77 bits per heavy atom. The highest BCUT2D eigenvalue weighted by Gasteiger charge is 2.15. The van der Waals surface area contributed by atoms with E-state index in [1.807, 2.05) is 27.7 Å². The monoisotopic (exact) mass is 484 g/mol. The molecule has 7 nitrogen and oxygen atoms in total. The van der Waals surface area contributed by atoms with Gasteiger partial charge < -0.3 is 25.4 Å². The molecule has 0 bridgehead atoms. The second kappa shape index (κ2) is 14.3. The number of aliphatic imine (C=N–C) groups is 1. The van der Waals surface area contributed by atoms with Crippen LogP contribution in [0.15, 0.2) is 4.99 Å². The average Bonchev–Trinajstić information content (AvgIpc) is 3.02. The van der Waals surface area contributed by atoms with Crippen LogP contribution < -0.4 is 16.0 Å². The number of nitrogens with zero attached hydrogens (tertiary/aromatic N) is 1. The van der Waals surface area contributed by atoms with Gasteiger partial charge in [-0.25, -0.2) is 4.79 Å². The zero-order valence-electron chi connectivity index (χ0n) is 16.7. The first-order valence-corrected chi connectivity index (χ1v) is 9.51. The average molecular weight is 484 g/mol. The fraction of sp³-hybridized carbons (Fsp3) is 0.889. The lowest BCUT2D eigenvalue weighted by atomic mass is 10.2. The summed E-state index contributed by atoms with van der Waals surface area (Å²) in [4.78, 5) is 16.1. The molecule has 1 aliphatic carbocycles. The number of carbonyl (C=O) groups excluding carboxylic acids is 1. The molecule has 0 aromatic carbocycles. The van der Waals surface area contributed by atoms with E-state index in [2.05, 4.69) is 20.9 Å². The third-order valence-corrected chi connectivity index (χ3v) is 3.66. The highest BCUT2D eigenvalue weighted by atomic mass is 127. The molecule has 0 heterocycles. The molecule has 0 spiro atoms. The number of hydrogen-bond acceptors (Lipinski definition) is 4. The van der Waals surface area contributed by atoms with Gasteiger partial charge in [0.05, 0.1) is 6.10 Å². The van der Waals surface area contributed by atoms with E-state index < -0.39 is 11.7 Å². The third-order valence-electron chi connectivity index (χ3n) is 3.66. The first-order valence-electron chi connectivity index (χ1n) is 9.51. The Hall–Kier alpha value is -0.770. The van der Waals surface area contributed by atoms with Gasteiger partial charge in [0.15, 0.2) is 5.96 Å². The molecule has 0 aliphatic heterocycles. The third kappa shape index (κ3) is 13.4. The summed E-state index contributed by atoms with van der Waals surface area (Å²) >= 11 is 0. The number of halogens is 1. The fourth-order valence-corrected chi connectivity index (χ4v) is 2.56. The van der Waals surface area contributed by atoms with Crippen LogP contribution in [-0.2, 0) is 9.47 Å². The minimum absolute atomic E-state index is 0. The minimum atomic E-state index is -0.478. The van der Waals surface area contributed by atoms with Gasteiger partial charge in [0.2, 0.25) is 0 Å². The number of ether oxygens (including phenoxy) is 2. The molecular formula is C18H37IN4O3. The fourth-order valence-electron chi connectivity index (χ4n) is 2.56. The second-order valence-corrected chi connectivity index (χ2v) is 7.25. The van der Waals surface area contributed by atoms with Gasteiger partial charge >= 0.3 is 6.09 Å². The van der Waals surface area contributed by atoms with E-state index in [-0.39, 0.29) is 24.0 Å². The van der Waals surface area contributed by atoms with E-state index in [0.29, 0.717) is 19.2 Å². The summed E-state index contributed by atoms with van der Waals surface area (Å²) in [5, 5.41) is 9.11. The van der Waals surface area contributed by atoms with Crippen molar-refractivity contribution in [3.05, 3.63) is 0 Å². The van der Waals surface area contributed by atoms with Crippen molar-refractivity contribution < 1.29 is 14.3 Å². The first-order chi connectivity index (χ1) is 11.9. The molecule has 1 fully saturated rings. The van der Waals surface area contributed by atoms with Crippen LogP contribution in [0.1, 0.15) is 59.8 Å². The summed E-state index contributed by atoms with van der Waals surface area (Å²) in [6.45, 7) is 10.9. The van der Waals surface area contributed by atoms with Crippen LogP contribution in [-0.4, -0.2) is 56.5 Å². The zero-order valence-corrected chi connectivity index (χ0v) is 19.1. The minimum Gasteiger partial charge on any atom is -0.444 e. The molecule has 8 heteroatoms. The Labute approximate surface area is 175 Å². The number of carbonyl (C=O) groups is 1. The maximum absolute atomic E-state index is 11.6. The molecule has 0 aromatic heterocycles. The summed E-state index contributed by atoms with van der Waals surface area (Å²) in [7, 11) is 0. The van der Waals surface area contributed by atoms with Crippen LogP contribution in [0.3, 0.4) is 0 Å². The van der Waals surface area contributed by atoms with Crippen molar-refractivity contribution in [2.45, 2.75) is 71.5 Å². The van der Waals surface area contributed by atoms with Crippen molar-refractivity contribution in [3.63, 3.8) is 0 Å². The molecule has 3 N–H and O–H groups in total. The lowest BCUT2D eigenvalue weighted by Crippen LogP contribution is -2.42. The largest absolute Gasteiger partial charge is 0.444 e. The van der Waals surface area contributed by atoms with Crippen molar-refractivity contribution in [2.75, 3.05) is 32.8 Å². The SMILES string of the molecule is CCNC(=NCCCOC1CCCC1)NCCNC(=O)OC(C)(C)C.I. The van der Waals surface area contributed by atoms with Gasteiger partial charge in [-0.05, 0) is 47.0 Å². The summed E-state index contributed by atoms with van der Waals surface area (Å²) in [5.41, 5.74) is -0.478. The molecule has 1 saturated carbocycles. The van der Waals surface area contributed by atoms with E-state index in [0.717, 1.165) is 32.1 Å². The van der Waals surface area contributed by atoms with Gasteiger partial charge in [-0.15, -0.1) is 24.0 Å². The Kier molecular flexibility index (Phi) is 13.9. The molecule has 1 rings (SSSR count). The second-order valence-electron chi connectivity index (χ2n) is 7.25.